The summed E-state index contributed by atoms with van der Waals surface area (Å²) in [5.74, 6) is -22.2. The summed E-state index contributed by atoms with van der Waals surface area (Å²) in [6, 6.07) is 12.5. The zero-order chi connectivity index (χ0) is 48.8. The van der Waals surface area contributed by atoms with Crippen molar-refractivity contribution in [3.63, 3.8) is 0 Å². The summed E-state index contributed by atoms with van der Waals surface area (Å²) in [6.45, 7) is 4.28. The summed E-state index contributed by atoms with van der Waals surface area (Å²) < 4.78 is 223. The van der Waals surface area contributed by atoms with E-state index in [1.807, 2.05) is 0 Å². The van der Waals surface area contributed by atoms with Gasteiger partial charge in [0, 0.05) is 16.7 Å². The molecule has 0 spiro atoms. The molecule has 0 aromatic heterocycles. The van der Waals surface area contributed by atoms with E-state index in [0.29, 0.717) is 24.3 Å². The zero-order valence-corrected chi connectivity index (χ0v) is 34.3. The average Bonchev–Trinajstić information content (AvgIpc) is 3.27. The van der Waals surface area contributed by atoms with E-state index in [-0.39, 0.29) is 35.8 Å². The van der Waals surface area contributed by atoms with E-state index in [1.54, 1.807) is 6.92 Å². The lowest BCUT2D eigenvalue weighted by Gasteiger charge is -2.38. The summed E-state index contributed by atoms with van der Waals surface area (Å²) in [5.41, 5.74) is -13.7. The molecule has 0 aliphatic rings. The average molecular weight is 941 g/mol. The van der Waals surface area contributed by atoms with Gasteiger partial charge in [-0.2, -0.15) is 35.1 Å². The van der Waals surface area contributed by atoms with Crippen molar-refractivity contribution in [2.45, 2.75) is 50.4 Å². The molecule has 0 atom stereocenters. The number of ketones is 2. The molecule has 0 bridgehead atoms. The predicted molar refractivity (Wildman–Crippen MR) is 208 cm³/mol. The molecule has 0 saturated heterocycles. The first-order valence-electron chi connectivity index (χ1n) is 19.1. The molecule has 19 heteroatoms. The highest BCUT2D eigenvalue weighted by molar-refractivity contribution is 6.10. The number of carbonyl (C=O) groups excluding carboxylic acids is 2. The molecule has 6 aromatic carbocycles. The van der Waals surface area contributed by atoms with Crippen molar-refractivity contribution in [3.05, 3.63) is 183 Å². The first-order valence-corrected chi connectivity index (χ1v) is 19.1. The van der Waals surface area contributed by atoms with Crippen LogP contribution in [-0.2, 0) is 10.8 Å². The van der Waals surface area contributed by atoms with Crippen LogP contribution >= 0.6 is 0 Å². The number of rotatable bonds is 13. The Labute approximate surface area is 365 Å². The summed E-state index contributed by atoms with van der Waals surface area (Å²) in [6.07, 6.45) is -11.9. The van der Waals surface area contributed by atoms with Crippen molar-refractivity contribution in [1.29, 1.82) is 0 Å². The molecule has 0 aliphatic carbocycles. The van der Waals surface area contributed by atoms with Crippen molar-refractivity contribution in [2.24, 2.45) is 0 Å². The van der Waals surface area contributed by atoms with Gasteiger partial charge >= 0.3 is 12.4 Å². The predicted octanol–water partition coefficient (Wildman–Crippen LogP) is 14.0. The van der Waals surface area contributed by atoms with E-state index in [4.69, 9.17) is 14.2 Å². The van der Waals surface area contributed by atoms with Crippen molar-refractivity contribution < 1.29 is 85.3 Å². The molecule has 0 radical (unpaired) electrons. The molecule has 0 amide bonds. The molecule has 0 fully saturated rings. The van der Waals surface area contributed by atoms with Gasteiger partial charge in [-0.05, 0) is 95.8 Å². The highest BCUT2D eigenvalue weighted by Gasteiger charge is 2.72. The van der Waals surface area contributed by atoms with Crippen LogP contribution in [0.3, 0.4) is 0 Å². The Kier molecular flexibility index (Phi) is 13.1. The molecule has 6 rings (SSSR count). The van der Waals surface area contributed by atoms with Gasteiger partial charge in [0.25, 0.3) is 0 Å². The van der Waals surface area contributed by atoms with Crippen LogP contribution in [0.15, 0.2) is 97.1 Å². The Morgan fingerprint density at radius 3 is 1.11 bits per heavy atom. The number of hydrogen-bond donors (Lipinski definition) is 0. The van der Waals surface area contributed by atoms with Crippen molar-refractivity contribution in [1.82, 2.24) is 0 Å². The molecule has 0 unspecified atom stereocenters. The SMILES string of the molecule is CCC(C)(C)c1c(F)c(F)c(C(=O)c2ccc(Oc3ccc(C(=O)c4c(F)c(F)c(Oc5ccc(C(c6ccc(OC)cc6)(C(F)(F)F)C(F)(F)F)cc5)c(F)c4F)cc3)cc2)c(F)c1F. The maximum absolute atomic E-state index is 15.3. The molecule has 5 nitrogen and oxygen atoms in total. The highest BCUT2D eigenvalue weighted by atomic mass is 19.4. The number of benzene rings is 6. The van der Waals surface area contributed by atoms with E-state index in [0.717, 1.165) is 67.8 Å². The zero-order valence-electron chi connectivity index (χ0n) is 34.3. The fraction of sp³-hybridized carbons (Fsp3) is 0.191. The van der Waals surface area contributed by atoms with Gasteiger partial charge in [-0.25, -0.2) is 26.3 Å². The third-order valence-corrected chi connectivity index (χ3v) is 10.9. The summed E-state index contributed by atoms with van der Waals surface area (Å²) >= 11 is 0. The lowest BCUT2D eigenvalue weighted by molar-refractivity contribution is -0.288. The third kappa shape index (κ3) is 8.41. The van der Waals surface area contributed by atoms with Gasteiger partial charge in [-0.1, -0.05) is 45.0 Å². The molecular weight excluding hydrogens is 910 g/mol. The Hall–Kier alpha value is -6.92. The molecule has 66 heavy (non-hydrogen) atoms. The van der Waals surface area contributed by atoms with Crippen LogP contribution < -0.4 is 14.2 Å². The van der Waals surface area contributed by atoms with Gasteiger partial charge in [-0.15, -0.1) is 0 Å². The van der Waals surface area contributed by atoms with E-state index >= 15 is 26.3 Å². The number of ether oxygens (including phenoxy) is 3. The van der Waals surface area contributed by atoms with Gasteiger partial charge in [0.05, 0.1) is 7.11 Å². The molecule has 0 heterocycles. The number of halogens is 14. The van der Waals surface area contributed by atoms with Crippen LogP contribution in [0.5, 0.6) is 28.7 Å². The monoisotopic (exact) mass is 940 g/mol. The van der Waals surface area contributed by atoms with Crippen LogP contribution in [0.4, 0.5) is 61.5 Å². The molecule has 0 saturated carbocycles. The first kappa shape index (κ1) is 48.5. The van der Waals surface area contributed by atoms with Gasteiger partial charge in [0.1, 0.15) is 34.1 Å². The second kappa shape index (κ2) is 17.8. The smallest absolute Gasteiger partial charge is 0.411 e. The number of hydrogen-bond acceptors (Lipinski definition) is 5. The number of carbonyl (C=O) groups is 2. The minimum absolute atomic E-state index is 0.0484. The Balaban J connectivity index is 1.20. The van der Waals surface area contributed by atoms with E-state index in [2.05, 4.69) is 0 Å². The second-order valence-corrected chi connectivity index (χ2v) is 15.1. The van der Waals surface area contributed by atoms with Gasteiger partial charge < -0.3 is 14.2 Å². The van der Waals surface area contributed by atoms with E-state index in [9.17, 15) is 44.7 Å². The largest absolute Gasteiger partial charge is 0.497 e. The minimum Gasteiger partial charge on any atom is -0.497 e. The van der Waals surface area contributed by atoms with Gasteiger partial charge in [-0.3, -0.25) is 9.59 Å². The van der Waals surface area contributed by atoms with Crippen LogP contribution in [0.25, 0.3) is 0 Å². The maximum Gasteiger partial charge on any atom is 0.411 e. The molecule has 0 N–H and O–H groups in total. The third-order valence-electron chi connectivity index (χ3n) is 10.9. The fourth-order valence-electron chi connectivity index (χ4n) is 6.99. The summed E-state index contributed by atoms with van der Waals surface area (Å²) in [4.78, 5) is 26.1. The molecule has 346 valence electrons. The van der Waals surface area contributed by atoms with Crippen molar-refractivity contribution >= 4 is 11.6 Å². The van der Waals surface area contributed by atoms with Crippen LogP contribution in [-0.4, -0.2) is 31.0 Å². The van der Waals surface area contributed by atoms with E-state index in [1.165, 1.54) is 13.8 Å². The van der Waals surface area contributed by atoms with Crippen LogP contribution in [0.1, 0.15) is 75.7 Å². The Morgan fingerprint density at radius 2 is 0.773 bits per heavy atom. The minimum atomic E-state index is -6.01. The Morgan fingerprint density at radius 1 is 0.455 bits per heavy atom. The quantitative estimate of drug-likeness (QED) is 0.0656. The fourth-order valence-corrected chi connectivity index (χ4v) is 6.99. The molecule has 6 aromatic rings. The lowest BCUT2D eigenvalue weighted by atomic mass is 9.73. The van der Waals surface area contributed by atoms with Crippen LogP contribution in [0, 0.1) is 46.5 Å². The molecule has 0 aliphatic heterocycles. The highest BCUT2D eigenvalue weighted by Crippen LogP contribution is 2.56. The van der Waals surface area contributed by atoms with Crippen molar-refractivity contribution in [2.75, 3.05) is 7.11 Å². The summed E-state index contributed by atoms with van der Waals surface area (Å²) in [5, 5.41) is 0. The van der Waals surface area contributed by atoms with E-state index < -0.39 is 132 Å². The van der Waals surface area contributed by atoms with Crippen molar-refractivity contribution in [3.8, 4) is 28.7 Å². The second-order valence-electron chi connectivity index (χ2n) is 15.1. The van der Waals surface area contributed by atoms with Gasteiger partial charge in [0.15, 0.2) is 46.5 Å². The lowest BCUT2D eigenvalue weighted by Crippen LogP contribution is -2.54. The van der Waals surface area contributed by atoms with Gasteiger partial charge in [0.2, 0.25) is 22.8 Å². The normalized spacial score (nSPS) is 12.3. The van der Waals surface area contributed by atoms with Crippen LogP contribution in [0.2, 0.25) is 0 Å². The topological polar surface area (TPSA) is 61.8 Å². The maximum atomic E-state index is 15.3. The first-order chi connectivity index (χ1) is 30.8. The molecular formula is C47H30F14O5. The Bertz CT molecular complexity index is 2750. The number of alkyl halides is 6. The summed E-state index contributed by atoms with van der Waals surface area (Å²) in [7, 11) is 1.13. The standard InChI is InChI=1S/C47H30F14O5/c1-5-44(2,3)32-37(52)33(48)30(34(49)38(32)53)41(62)22-6-14-27(15-7-22)65-28-16-8-23(9-17-28)42(63)31-35(50)39(54)43(40(55)36(31)51)66-29-20-12-25(13-21-29)45(46(56,57)58,47(59,60)61)24-10-18-26(64-4)19-11-24/h6-21H,5H2,1-4H3. The number of methoxy groups -OCH3 is 1.